The molecule has 1 saturated heterocycles. The fraction of sp³-hybridized carbons (Fsp3) is 0.600. The smallest absolute Gasteiger partial charge is 0.165 e. The minimum absolute atomic E-state index is 0.148. The van der Waals surface area contributed by atoms with E-state index in [9.17, 15) is 4.79 Å². The number of rotatable bonds is 3. The van der Waals surface area contributed by atoms with Gasteiger partial charge in [0.15, 0.2) is 5.78 Å². The van der Waals surface area contributed by atoms with Crippen molar-refractivity contribution < 1.29 is 9.53 Å². The number of nitrogens with zero attached hydrogens (tertiary/aromatic N) is 2. The van der Waals surface area contributed by atoms with E-state index in [-0.39, 0.29) is 5.78 Å². The zero-order chi connectivity index (χ0) is 9.97. The number of Topliss-reactive ketones (excluding diaryl/α,β-unsaturated/α-hetero) is 1. The lowest BCUT2D eigenvalue weighted by atomic mass is 10.2. The number of hydrogen-bond acceptors (Lipinski definition) is 3. The van der Waals surface area contributed by atoms with Crippen molar-refractivity contribution in [3.63, 3.8) is 0 Å². The lowest BCUT2D eigenvalue weighted by molar-refractivity contribution is 0.0988. The van der Waals surface area contributed by atoms with Crippen molar-refractivity contribution in [2.24, 2.45) is 0 Å². The van der Waals surface area contributed by atoms with Crippen LogP contribution in [0.3, 0.4) is 0 Å². The Morgan fingerprint density at radius 3 is 3.29 bits per heavy atom. The van der Waals surface area contributed by atoms with Crippen LogP contribution >= 0.6 is 0 Å². The van der Waals surface area contributed by atoms with E-state index in [1.165, 1.54) is 0 Å². The molecule has 0 saturated carbocycles. The van der Waals surface area contributed by atoms with Crippen molar-refractivity contribution in [3.05, 3.63) is 18.0 Å². The first-order chi connectivity index (χ1) is 6.81. The first-order valence-electron chi connectivity index (χ1n) is 4.96. The summed E-state index contributed by atoms with van der Waals surface area (Å²) in [7, 11) is 0. The van der Waals surface area contributed by atoms with Gasteiger partial charge in [0.2, 0.25) is 0 Å². The van der Waals surface area contributed by atoms with Crippen LogP contribution in [0.15, 0.2) is 12.4 Å². The fourth-order valence-electron chi connectivity index (χ4n) is 1.62. The van der Waals surface area contributed by atoms with Crippen molar-refractivity contribution in [2.75, 3.05) is 13.2 Å². The van der Waals surface area contributed by atoms with E-state index in [0.29, 0.717) is 24.6 Å². The number of carbonyl (C=O) groups is 1. The molecule has 1 fully saturated rings. The van der Waals surface area contributed by atoms with Crippen molar-refractivity contribution >= 4 is 5.78 Å². The average molecular weight is 194 g/mol. The average Bonchev–Trinajstić information content (AvgIpc) is 2.86. The Balaban J connectivity index is 2.12. The second-order valence-corrected chi connectivity index (χ2v) is 3.50. The molecule has 1 aliphatic heterocycles. The minimum Gasteiger partial charge on any atom is -0.379 e. The molecule has 0 radical (unpaired) electrons. The van der Waals surface area contributed by atoms with E-state index in [1.807, 2.05) is 17.8 Å². The van der Waals surface area contributed by atoms with Crippen LogP contribution in [0.1, 0.15) is 36.2 Å². The Morgan fingerprint density at radius 1 is 1.79 bits per heavy atom. The maximum absolute atomic E-state index is 11.4. The molecule has 0 spiro atoms. The molecule has 1 aromatic heterocycles. The molecule has 1 aromatic rings. The van der Waals surface area contributed by atoms with Crippen molar-refractivity contribution in [3.8, 4) is 0 Å². The van der Waals surface area contributed by atoms with E-state index in [2.05, 4.69) is 5.10 Å². The Kier molecular flexibility index (Phi) is 2.63. The number of ketones is 1. The number of ether oxygens (including phenoxy) is 1. The number of hydrogen-bond donors (Lipinski definition) is 0. The van der Waals surface area contributed by atoms with Crippen LogP contribution in [-0.2, 0) is 4.74 Å². The van der Waals surface area contributed by atoms with Gasteiger partial charge in [0.1, 0.15) is 0 Å². The van der Waals surface area contributed by atoms with Gasteiger partial charge in [0, 0.05) is 19.2 Å². The lowest BCUT2D eigenvalue weighted by Crippen LogP contribution is -2.08. The zero-order valence-electron chi connectivity index (χ0n) is 8.27. The minimum atomic E-state index is 0.148. The van der Waals surface area contributed by atoms with Crippen molar-refractivity contribution in [1.82, 2.24) is 9.78 Å². The summed E-state index contributed by atoms with van der Waals surface area (Å²) in [4.78, 5) is 11.4. The fourth-order valence-corrected chi connectivity index (χ4v) is 1.62. The molecule has 2 heterocycles. The first kappa shape index (κ1) is 9.40. The first-order valence-corrected chi connectivity index (χ1v) is 4.96. The van der Waals surface area contributed by atoms with Crippen LogP contribution in [0.5, 0.6) is 0 Å². The van der Waals surface area contributed by atoms with Gasteiger partial charge in [-0.3, -0.25) is 9.48 Å². The molecule has 0 aliphatic carbocycles. The third-order valence-electron chi connectivity index (χ3n) is 2.52. The molecule has 1 unspecified atom stereocenters. The molecule has 76 valence electrons. The van der Waals surface area contributed by atoms with Gasteiger partial charge >= 0.3 is 0 Å². The molecule has 2 rings (SSSR count). The third-order valence-corrected chi connectivity index (χ3v) is 2.52. The highest BCUT2D eigenvalue weighted by Crippen LogP contribution is 2.18. The molecule has 0 aromatic carbocycles. The van der Waals surface area contributed by atoms with E-state index in [4.69, 9.17) is 4.74 Å². The second-order valence-electron chi connectivity index (χ2n) is 3.50. The van der Waals surface area contributed by atoms with Gasteiger partial charge in [-0.15, -0.1) is 0 Å². The van der Waals surface area contributed by atoms with Gasteiger partial charge in [0.05, 0.1) is 24.4 Å². The maximum Gasteiger partial charge on any atom is 0.165 e. The van der Waals surface area contributed by atoms with E-state index in [0.717, 1.165) is 13.0 Å². The number of carbonyl (C=O) groups excluding carboxylic acids is 1. The summed E-state index contributed by atoms with van der Waals surface area (Å²) in [5.41, 5.74) is 0.708. The largest absolute Gasteiger partial charge is 0.379 e. The summed E-state index contributed by atoms with van der Waals surface area (Å²) in [6, 6.07) is 0.313. The highest BCUT2D eigenvalue weighted by atomic mass is 16.5. The Labute approximate surface area is 82.9 Å². The molecule has 4 heteroatoms. The number of aromatic nitrogens is 2. The Morgan fingerprint density at radius 2 is 2.64 bits per heavy atom. The highest BCUT2D eigenvalue weighted by molar-refractivity contribution is 5.95. The van der Waals surface area contributed by atoms with Gasteiger partial charge in [-0.1, -0.05) is 6.92 Å². The standard InChI is InChI=1S/C10H14N2O2/c1-2-10(13)8-5-11-12(6-8)9-3-4-14-7-9/h5-6,9H,2-4,7H2,1H3. The summed E-state index contributed by atoms with van der Waals surface area (Å²) in [6.45, 7) is 3.36. The summed E-state index contributed by atoms with van der Waals surface area (Å²) in [5, 5.41) is 4.18. The van der Waals surface area contributed by atoms with Crippen LogP contribution in [0.2, 0.25) is 0 Å². The summed E-state index contributed by atoms with van der Waals surface area (Å²) in [6.07, 6.45) is 4.99. The van der Waals surface area contributed by atoms with E-state index in [1.54, 1.807) is 6.20 Å². The molecule has 1 atom stereocenters. The second kappa shape index (κ2) is 3.92. The van der Waals surface area contributed by atoms with Gasteiger partial charge in [0.25, 0.3) is 0 Å². The van der Waals surface area contributed by atoms with Gasteiger partial charge in [-0.2, -0.15) is 5.10 Å². The lowest BCUT2D eigenvalue weighted by Gasteiger charge is -2.06. The zero-order valence-corrected chi connectivity index (χ0v) is 8.27. The van der Waals surface area contributed by atoms with Crippen LogP contribution in [0.25, 0.3) is 0 Å². The van der Waals surface area contributed by atoms with Gasteiger partial charge in [-0.05, 0) is 6.42 Å². The molecule has 0 amide bonds. The highest BCUT2D eigenvalue weighted by Gasteiger charge is 2.19. The van der Waals surface area contributed by atoms with E-state index < -0.39 is 0 Å². The van der Waals surface area contributed by atoms with Crippen molar-refractivity contribution in [2.45, 2.75) is 25.8 Å². The van der Waals surface area contributed by atoms with Gasteiger partial charge in [-0.25, -0.2) is 0 Å². The van der Waals surface area contributed by atoms with Crippen LogP contribution in [0, 0.1) is 0 Å². The normalized spacial score (nSPS) is 21.4. The monoisotopic (exact) mass is 194 g/mol. The molecule has 1 aliphatic rings. The molecule has 0 N–H and O–H groups in total. The van der Waals surface area contributed by atoms with Crippen LogP contribution in [-0.4, -0.2) is 28.8 Å². The Bertz CT molecular complexity index is 327. The van der Waals surface area contributed by atoms with Gasteiger partial charge < -0.3 is 4.74 Å². The molecule has 14 heavy (non-hydrogen) atoms. The van der Waals surface area contributed by atoms with E-state index >= 15 is 0 Å². The predicted octanol–water partition coefficient (Wildman–Crippen LogP) is 1.44. The molecule has 0 bridgehead atoms. The molecule has 4 nitrogen and oxygen atoms in total. The Hall–Kier alpha value is -1.16. The molecular formula is C10H14N2O2. The SMILES string of the molecule is CCC(=O)c1cnn(C2CCOC2)c1. The van der Waals surface area contributed by atoms with Crippen LogP contribution < -0.4 is 0 Å². The summed E-state index contributed by atoms with van der Waals surface area (Å²) >= 11 is 0. The predicted molar refractivity (Wildman–Crippen MR) is 51.3 cm³/mol. The summed E-state index contributed by atoms with van der Waals surface area (Å²) < 4.78 is 7.10. The van der Waals surface area contributed by atoms with Crippen molar-refractivity contribution in [1.29, 1.82) is 0 Å². The topological polar surface area (TPSA) is 44.1 Å². The quantitative estimate of drug-likeness (QED) is 0.684. The maximum atomic E-state index is 11.4. The molecular weight excluding hydrogens is 180 g/mol. The van der Waals surface area contributed by atoms with Crippen LogP contribution in [0.4, 0.5) is 0 Å². The third kappa shape index (κ3) is 1.70. The summed E-state index contributed by atoms with van der Waals surface area (Å²) in [5.74, 6) is 0.148.